The summed E-state index contributed by atoms with van der Waals surface area (Å²) in [6, 6.07) is 1.72. The van der Waals surface area contributed by atoms with Gasteiger partial charge >= 0.3 is 0 Å². The largest absolute Gasteiger partial charge is 0.492 e. The molecule has 0 bridgehead atoms. The Morgan fingerprint density at radius 2 is 2.29 bits per heavy atom. The molecule has 0 radical (unpaired) electrons. The van der Waals surface area contributed by atoms with Crippen LogP contribution in [0, 0.1) is 0 Å². The van der Waals surface area contributed by atoms with Gasteiger partial charge < -0.3 is 10.5 Å². The van der Waals surface area contributed by atoms with Gasteiger partial charge in [-0.25, -0.2) is 4.52 Å². The second-order valence-corrected chi connectivity index (χ2v) is 3.00. The smallest absolute Gasteiger partial charge is 0.169 e. The lowest BCUT2D eigenvalue weighted by Crippen LogP contribution is -1.96. The predicted molar refractivity (Wildman–Crippen MR) is 58.4 cm³/mol. The van der Waals surface area contributed by atoms with Gasteiger partial charge in [-0.15, -0.1) is 12.4 Å². The average Bonchev–Trinajstić information content (AvgIpc) is 2.49. The molecule has 0 aliphatic carbocycles. The van der Waals surface area contributed by atoms with E-state index in [2.05, 4.69) is 5.10 Å². The van der Waals surface area contributed by atoms with Crippen LogP contribution in [0.1, 0.15) is 0 Å². The number of fused-ring (bicyclic) bond motifs is 1. The molecule has 0 saturated heterocycles. The van der Waals surface area contributed by atoms with E-state index in [1.165, 1.54) is 0 Å². The Morgan fingerprint density at radius 1 is 1.57 bits per heavy atom. The molecule has 14 heavy (non-hydrogen) atoms. The third kappa shape index (κ3) is 1.47. The van der Waals surface area contributed by atoms with Crippen molar-refractivity contribution in [1.29, 1.82) is 0 Å². The van der Waals surface area contributed by atoms with Crippen LogP contribution in [0.2, 0.25) is 5.02 Å². The van der Waals surface area contributed by atoms with E-state index < -0.39 is 0 Å². The van der Waals surface area contributed by atoms with E-state index in [1.54, 1.807) is 30.1 Å². The summed E-state index contributed by atoms with van der Waals surface area (Å²) >= 11 is 5.91. The number of pyridine rings is 1. The number of nitrogens with two attached hydrogens (primary N) is 1. The molecule has 0 unspecified atom stereocenters. The first kappa shape index (κ1) is 10.9. The van der Waals surface area contributed by atoms with Crippen molar-refractivity contribution in [1.82, 2.24) is 9.61 Å². The first-order chi connectivity index (χ1) is 6.24. The van der Waals surface area contributed by atoms with Crippen LogP contribution in [-0.2, 0) is 0 Å². The molecule has 2 heterocycles. The Morgan fingerprint density at radius 3 is 2.93 bits per heavy atom. The molecule has 0 spiro atoms. The standard InChI is InChI=1S/C8H8ClN3O.ClH/c1-13-8-6(10)2-3-12-7(8)5(9)4-11-12;/h2-4H,10H2,1H3;1H. The molecule has 4 nitrogen and oxygen atoms in total. The molecule has 76 valence electrons. The second kappa shape index (κ2) is 3.94. The van der Waals surface area contributed by atoms with Crippen molar-refractivity contribution in [3.63, 3.8) is 0 Å². The molecule has 2 aromatic rings. The highest BCUT2D eigenvalue weighted by Gasteiger charge is 2.10. The number of anilines is 1. The fraction of sp³-hybridized carbons (Fsp3) is 0.125. The maximum atomic E-state index is 5.91. The number of halogens is 2. The molecule has 0 fully saturated rings. The molecule has 6 heteroatoms. The van der Waals surface area contributed by atoms with Gasteiger partial charge in [-0.3, -0.25) is 0 Å². The number of hydrogen-bond donors (Lipinski definition) is 1. The van der Waals surface area contributed by atoms with Gasteiger partial charge in [0.2, 0.25) is 0 Å². The number of ether oxygens (including phenoxy) is 1. The van der Waals surface area contributed by atoms with E-state index in [0.29, 0.717) is 22.0 Å². The van der Waals surface area contributed by atoms with Crippen molar-refractivity contribution in [2.75, 3.05) is 12.8 Å². The lowest BCUT2D eigenvalue weighted by molar-refractivity contribution is 0.419. The Kier molecular flexibility index (Phi) is 3.08. The highest BCUT2D eigenvalue weighted by molar-refractivity contribution is 6.34. The maximum absolute atomic E-state index is 5.91. The lowest BCUT2D eigenvalue weighted by atomic mass is 10.3. The van der Waals surface area contributed by atoms with Gasteiger partial charge in [-0.1, -0.05) is 11.6 Å². The number of methoxy groups -OCH3 is 1. The molecule has 2 rings (SSSR count). The van der Waals surface area contributed by atoms with Gasteiger partial charge in [0.05, 0.1) is 24.0 Å². The van der Waals surface area contributed by atoms with E-state index in [9.17, 15) is 0 Å². The van der Waals surface area contributed by atoms with Crippen LogP contribution in [0.3, 0.4) is 0 Å². The van der Waals surface area contributed by atoms with Crippen LogP contribution in [0.5, 0.6) is 5.75 Å². The zero-order chi connectivity index (χ0) is 9.42. The van der Waals surface area contributed by atoms with Gasteiger partial charge in [-0.05, 0) is 6.07 Å². The summed E-state index contributed by atoms with van der Waals surface area (Å²) in [5.74, 6) is 0.560. The van der Waals surface area contributed by atoms with Crippen molar-refractivity contribution in [3.05, 3.63) is 23.5 Å². The monoisotopic (exact) mass is 233 g/mol. The number of hydrogen-bond acceptors (Lipinski definition) is 3. The molecule has 0 saturated carbocycles. The molecular weight excluding hydrogens is 225 g/mol. The fourth-order valence-corrected chi connectivity index (χ4v) is 1.46. The Labute approximate surface area is 92.0 Å². The van der Waals surface area contributed by atoms with E-state index >= 15 is 0 Å². The summed E-state index contributed by atoms with van der Waals surface area (Å²) in [4.78, 5) is 0. The van der Waals surface area contributed by atoms with Crippen molar-refractivity contribution >= 4 is 35.2 Å². The summed E-state index contributed by atoms with van der Waals surface area (Å²) in [5, 5.41) is 4.55. The van der Waals surface area contributed by atoms with Crippen LogP contribution in [0.4, 0.5) is 5.69 Å². The van der Waals surface area contributed by atoms with Gasteiger partial charge in [0.25, 0.3) is 0 Å². The SMILES string of the molecule is COc1c(N)ccn2ncc(Cl)c12.Cl. The average molecular weight is 234 g/mol. The predicted octanol–water partition coefficient (Wildman–Crippen LogP) is 2.00. The zero-order valence-electron chi connectivity index (χ0n) is 7.40. The molecule has 2 N–H and O–H groups in total. The van der Waals surface area contributed by atoms with Gasteiger partial charge in [0.1, 0.15) is 5.52 Å². The van der Waals surface area contributed by atoms with Crippen LogP contribution in [0.15, 0.2) is 18.5 Å². The molecular formula is C8H9Cl2N3O. The van der Waals surface area contributed by atoms with Crippen molar-refractivity contribution in [3.8, 4) is 5.75 Å². The van der Waals surface area contributed by atoms with Gasteiger partial charge in [0.15, 0.2) is 5.75 Å². The van der Waals surface area contributed by atoms with Crippen LogP contribution in [0.25, 0.3) is 5.52 Å². The Balaban J connectivity index is 0.000000980. The molecule has 0 amide bonds. The van der Waals surface area contributed by atoms with Crippen LogP contribution >= 0.6 is 24.0 Å². The topological polar surface area (TPSA) is 52.5 Å². The van der Waals surface area contributed by atoms with E-state index in [4.69, 9.17) is 22.1 Å². The molecule has 0 atom stereocenters. The van der Waals surface area contributed by atoms with Crippen molar-refractivity contribution in [2.24, 2.45) is 0 Å². The number of nitrogens with zero attached hydrogens (tertiary/aromatic N) is 2. The summed E-state index contributed by atoms with van der Waals surface area (Å²) in [6.45, 7) is 0. The Bertz CT molecular complexity index is 455. The van der Waals surface area contributed by atoms with Gasteiger partial charge in [0, 0.05) is 6.20 Å². The minimum absolute atomic E-state index is 0. The summed E-state index contributed by atoms with van der Waals surface area (Å²) in [5.41, 5.74) is 6.95. The minimum Gasteiger partial charge on any atom is -0.492 e. The van der Waals surface area contributed by atoms with E-state index in [-0.39, 0.29) is 12.4 Å². The first-order valence-electron chi connectivity index (χ1n) is 3.69. The molecule has 0 aliphatic heterocycles. The third-order valence-electron chi connectivity index (χ3n) is 1.83. The number of rotatable bonds is 1. The maximum Gasteiger partial charge on any atom is 0.169 e. The normalized spacial score (nSPS) is 9.86. The number of nitrogen functional groups attached to an aromatic ring is 1. The fourth-order valence-electron chi connectivity index (χ4n) is 1.24. The highest BCUT2D eigenvalue weighted by atomic mass is 35.5. The minimum atomic E-state index is 0. The van der Waals surface area contributed by atoms with Crippen molar-refractivity contribution < 1.29 is 4.74 Å². The second-order valence-electron chi connectivity index (χ2n) is 2.59. The quantitative estimate of drug-likeness (QED) is 0.820. The summed E-state index contributed by atoms with van der Waals surface area (Å²) in [6.07, 6.45) is 3.29. The number of aromatic nitrogens is 2. The molecule has 0 aromatic carbocycles. The third-order valence-corrected chi connectivity index (χ3v) is 2.10. The van der Waals surface area contributed by atoms with Gasteiger partial charge in [-0.2, -0.15) is 5.10 Å². The first-order valence-corrected chi connectivity index (χ1v) is 4.07. The lowest BCUT2D eigenvalue weighted by Gasteiger charge is -2.05. The van der Waals surface area contributed by atoms with Crippen LogP contribution in [-0.4, -0.2) is 16.7 Å². The Hall–Kier alpha value is -1.13. The van der Waals surface area contributed by atoms with Crippen molar-refractivity contribution in [2.45, 2.75) is 0 Å². The van der Waals surface area contributed by atoms with E-state index in [0.717, 1.165) is 0 Å². The van der Waals surface area contributed by atoms with Crippen LogP contribution < -0.4 is 10.5 Å². The van der Waals surface area contributed by atoms with E-state index in [1.807, 2.05) is 0 Å². The zero-order valence-corrected chi connectivity index (χ0v) is 8.97. The summed E-state index contributed by atoms with van der Waals surface area (Å²) < 4.78 is 6.75. The molecule has 0 aliphatic rings. The highest BCUT2D eigenvalue weighted by Crippen LogP contribution is 2.31. The molecule has 2 aromatic heterocycles. The summed E-state index contributed by atoms with van der Waals surface area (Å²) in [7, 11) is 1.55.